The molecule has 0 aliphatic carbocycles. The molecule has 0 saturated carbocycles. The molecule has 0 bridgehead atoms. The molecule has 0 heterocycles. The molecule has 0 N–H and O–H groups in total. The summed E-state index contributed by atoms with van der Waals surface area (Å²) in [5.74, 6) is 2.01. The highest BCUT2D eigenvalue weighted by Crippen LogP contribution is 2.41. The quantitative estimate of drug-likeness (QED) is 0.281. The van der Waals surface area contributed by atoms with Crippen LogP contribution >= 0.6 is 0 Å². The molecule has 0 aliphatic rings. The molecule has 174 valence electrons. The monoisotopic (exact) mass is 418 g/mol. The van der Waals surface area contributed by atoms with Crippen LogP contribution in [-0.4, -0.2) is 13.2 Å². The number of unbranched alkanes of at least 4 members (excludes halogenated alkanes) is 8. The Morgan fingerprint density at radius 1 is 0.533 bits per heavy atom. The Balaban J connectivity index is 2.97. The lowest BCUT2D eigenvalue weighted by Crippen LogP contribution is -2.19. The maximum atomic E-state index is 6.33. The molecule has 0 aromatic heterocycles. The van der Waals surface area contributed by atoms with Gasteiger partial charge in [0.15, 0.2) is 0 Å². The van der Waals surface area contributed by atoms with Gasteiger partial charge in [0.2, 0.25) is 0 Å². The van der Waals surface area contributed by atoms with Gasteiger partial charge in [0.05, 0.1) is 13.2 Å². The Labute approximate surface area is 188 Å². The Bertz CT molecular complexity index is 541. The fourth-order valence-corrected chi connectivity index (χ4v) is 3.75. The summed E-state index contributed by atoms with van der Waals surface area (Å²) in [6.07, 6.45) is 12.6. The van der Waals surface area contributed by atoms with E-state index in [2.05, 4.69) is 67.5 Å². The van der Waals surface area contributed by atoms with Crippen LogP contribution in [0.2, 0.25) is 0 Å². The minimum Gasteiger partial charge on any atom is -0.493 e. The normalized spacial score (nSPS) is 12.3. The largest absolute Gasteiger partial charge is 0.493 e. The zero-order valence-corrected chi connectivity index (χ0v) is 21.5. The summed E-state index contributed by atoms with van der Waals surface area (Å²) >= 11 is 0. The molecule has 30 heavy (non-hydrogen) atoms. The lowest BCUT2D eigenvalue weighted by Gasteiger charge is -2.29. The summed E-state index contributed by atoms with van der Waals surface area (Å²) in [6, 6.07) is 4.53. The molecule has 0 fully saturated rings. The van der Waals surface area contributed by atoms with E-state index in [1.165, 1.54) is 62.5 Å². The highest BCUT2D eigenvalue weighted by Gasteiger charge is 2.27. The van der Waals surface area contributed by atoms with E-state index in [1.807, 2.05) is 0 Å². The zero-order valence-electron chi connectivity index (χ0n) is 21.5. The van der Waals surface area contributed by atoms with E-state index in [1.54, 1.807) is 0 Å². The summed E-state index contributed by atoms with van der Waals surface area (Å²) in [4.78, 5) is 0. The second-order valence-electron chi connectivity index (χ2n) is 10.9. The molecule has 0 spiro atoms. The lowest BCUT2D eigenvalue weighted by atomic mass is 9.79. The van der Waals surface area contributed by atoms with E-state index < -0.39 is 0 Å². The maximum absolute atomic E-state index is 6.33. The van der Waals surface area contributed by atoms with Crippen molar-refractivity contribution in [3.63, 3.8) is 0 Å². The number of benzene rings is 1. The Morgan fingerprint density at radius 3 is 1.23 bits per heavy atom. The number of rotatable bonds is 14. The van der Waals surface area contributed by atoms with Crippen molar-refractivity contribution in [3.05, 3.63) is 23.3 Å². The maximum Gasteiger partial charge on any atom is 0.126 e. The van der Waals surface area contributed by atoms with Gasteiger partial charge >= 0.3 is 0 Å². The molecule has 1 aromatic carbocycles. The van der Waals surface area contributed by atoms with Crippen molar-refractivity contribution in [2.24, 2.45) is 0 Å². The third kappa shape index (κ3) is 9.75. The van der Waals surface area contributed by atoms with Crippen LogP contribution in [0.25, 0.3) is 0 Å². The van der Waals surface area contributed by atoms with Crippen LogP contribution in [0, 0.1) is 0 Å². The SMILES string of the molecule is CCCCCCCOc1cc(OCCCCCCC)c(C(C)(C)C)cc1C(C)(C)C. The van der Waals surface area contributed by atoms with E-state index >= 15 is 0 Å². The van der Waals surface area contributed by atoms with Gasteiger partial charge in [-0.25, -0.2) is 0 Å². The van der Waals surface area contributed by atoms with Gasteiger partial charge in [0, 0.05) is 17.2 Å². The Hall–Kier alpha value is -1.18. The van der Waals surface area contributed by atoms with E-state index in [4.69, 9.17) is 9.47 Å². The van der Waals surface area contributed by atoms with Crippen molar-refractivity contribution < 1.29 is 9.47 Å². The molecule has 1 aromatic rings. The minimum absolute atomic E-state index is 0.0379. The second-order valence-corrected chi connectivity index (χ2v) is 10.9. The highest BCUT2D eigenvalue weighted by molar-refractivity contribution is 5.51. The van der Waals surface area contributed by atoms with Crippen molar-refractivity contribution in [1.29, 1.82) is 0 Å². The first kappa shape index (κ1) is 26.9. The Kier molecular flexibility index (Phi) is 11.9. The van der Waals surface area contributed by atoms with Crippen molar-refractivity contribution in [1.82, 2.24) is 0 Å². The van der Waals surface area contributed by atoms with Gasteiger partial charge < -0.3 is 9.47 Å². The lowest BCUT2D eigenvalue weighted by molar-refractivity contribution is 0.280. The molecule has 0 unspecified atom stereocenters. The van der Waals surface area contributed by atoms with Gasteiger partial charge in [-0.2, -0.15) is 0 Å². The van der Waals surface area contributed by atoms with Crippen LogP contribution in [0.3, 0.4) is 0 Å². The van der Waals surface area contributed by atoms with Gasteiger partial charge in [0.25, 0.3) is 0 Å². The number of hydrogen-bond donors (Lipinski definition) is 0. The minimum atomic E-state index is 0.0379. The number of ether oxygens (including phenoxy) is 2. The summed E-state index contributed by atoms with van der Waals surface area (Å²) < 4.78 is 12.7. The van der Waals surface area contributed by atoms with Gasteiger partial charge in [0.1, 0.15) is 11.5 Å². The van der Waals surface area contributed by atoms with Crippen molar-refractivity contribution in [2.45, 2.75) is 130 Å². The average Bonchev–Trinajstić information content (AvgIpc) is 2.65. The molecule has 2 heteroatoms. The first-order chi connectivity index (χ1) is 14.1. The van der Waals surface area contributed by atoms with E-state index in [-0.39, 0.29) is 10.8 Å². The van der Waals surface area contributed by atoms with Gasteiger partial charge in [-0.05, 0) is 29.7 Å². The van der Waals surface area contributed by atoms with Gasteiger partial charge in [-0.3, -0.25) is 0 Å². The van der Waals surface area contributed by atoms with Gasteiger partial charge in [-0.1, -0.05) is 107 Å². The second kappa shape index (κ2) is 13.3. The third-order valence-electron chi connectivity index (χ3n) is 5.71. The topological polar surface area (TPSA) is 18.5 Å². The highest BCUT2D eigenvalue weighted by atomic mass is 16.5. The van der Waals surface area contributed by atoms with E-state index in [0.717, 1.165) is 37.6 Å². The van der Waals surface area contributed by atoms with Crippen LogP contribution in [0.4, 0.5) is 0 Å². The standard InChI is InChI=1S/C28H50O2/c1-9-11-13-15-17-19-29-25-22-26(30-20-18-16-14-12-10-2)24(28(6,7)8)21-23(25)27(3,4)5/h21-22H,9-20H2,1-8H3. The van der Waals surface area contributed by atoms with Crippen molar-refractivity contribution in [3.8, 4) is 11.5 Å². The fraction of sp³-hybridized carbons (Fsp3) is 0.786. The molecule has 0 amide bonds. The molecule has 0 atom stereocenters. The zero-order chi connectivity index (χ0) is 22.6. The molecule has 0 radical (unpaired) electrons. The molecule has 0 aliphatic heterocycles. The molecule has 1 rings (SSSR count). The molecular weight excluding hydrogens is 368 g/mol. The predicted molar refractivity (Wildman–Crippen MR) is 132 cm³/mol. The first-order valence-corrected chi connectivity index (χ1v) is 12.6. The summed E-state index contributed by atoms with van der Waals surface area (Å²) in [5.41, 5.74) is 2.65. The molecular formula is C28H50O2. The first-order valence-electron chi connectivity index (χ1n) is 12.6. The smallest absolute Gasteiger partial charge is 0.126 e. The molecule has 2 nitrogen and oxygen atoms in total. The summed E-state index contributed by atoms with van der Waals surface area (Å²) in [7, 11) is 0. The van der Waals surface area contributed by atoms with Gasteiger partial charge in [-0.15, -0.1) is 0 Å². The van der Waals surface area contributed by atoms with Crippen LogP contribution in [-0.2, 0) is 10.8 Å². The van der Waals surface area contributed by atoms with Crippen LogP contribution < -0.4 is 9.47 Å². The number of hydrogen-bond acceptors (Lipinski definition) is 2. The average molecular weight is 419 g/mol. The Morgan fingerprint density at radius 2 is 0.900 bits per heavy atom. The van der Waals surface area contributed by atoms with E-state index in [9.17, 15) is 0 Å². The predicted octanol–water partition coefficient (Wildman–Crippen LogP) is 8.98. The molecule has 0 saturated heterocycles. The fourth-order valence-electron chi connectivity index (χ4n) is 3.75. The van der Waals surface area contributed by atoms with E-state index in [0.29, 0.717) is 0 Å². The van der Waals surface area contributed by atoms with Crippen LogP contribution in [0.15, 0.2) is 12.1 Å². The van der Waals surface area contributed by atoms with Crippen LogP contribution in [0.5, 0.6) is 11.5 Å². The summed E-state index contributed by atoms with van der Waals surface area (Å²) in [5, 5.41) is 0. The van der Waals surface area contributed by atoms with Crippen molar-refractivity contribution >= 4 is 0 Å². The van der Waals surface area contributed by atoms with Crippen LogP contribution in [0.1, 0.15) is 131 Å². The third-order valence-corrected chi connectivity index (χ3v) is 5.71. The van der Waals surface area contributed by atoms with Crippen molar-refractivity contribution in [2.75, 3.05) is 13.2 Å². The summed E-state index contributed by atoms with van der Waals surface area (Å²) in [6.45, 7) is 19.7.